The van der Waals surface area contributed by atoms with Crippen LogP contribution in [0, 0.1) is 11.3 Å². The predicted molar refractivity (Wildman–Crippen MR) is 239 cm³/mol. The van der Waals surface area contributed by atoms with Crippen LogP contribution in [0.15, 0.2) is 188 Å². The van der Waals surface area contributed by atoms with Gasteiger partial charge in [-0.05, 0) is 70.8 Å². The van der Waals surface area contributed by atoms with E-state index in [2.05, 4.69) is 114 Å². The second kappa shape index (κ2) is 13.8. The molecule has 11 aromatic rings. The van der Waals surface area contributed by atoms with Gasteiger partial charge in [-0.1, -0.05) is 140 Å². The molecule has 58 heavy (non-hydrogen) atoms. The Bertz CT molecular complexity index is 3360. The van der Waals surface area contributed by atoms with Gasteiger partial charge in [0.2, 0.25) is 0 Å². The highest BCUT2D eigenvalue weighted by molar-refractivity contribution is 7.25. The third kappa shape index (κ3) is 5.64. The standard InChI is InChI=1S/C52H31N5S/c53-32-38-17-7-8-18-39(38)37-23-26-41-40-19-9-11-21-45(40)57(47(41)31-37)46-27-24-35(36-25-28-49-43(29-36)42-20-10-12-22-48(42)58-49)30-44(46)52-55-50(33-13-3-1-4-14-33)54-51(56-52)34-15-5-2-6-16-34/h1-31H. The van der Waals surface area contributed by atoms with Crippen LogP contribution in [0.2, 0.25) is 0 Å². The Hall–Kier alpha value is -7.72. The molecule has 0 aliphatic heterocycles. The van der Waals surface area contributed by atoms with E-state index in [1.807, 2.05) is 96.3 Å². The first kappa shape index (κ1) is 33.6. The monoisotopic (exact) mass is 757 g/mol. The lowest BCUT2D eigenvalue weighted by Crippen LogP contribution is -2.04. The molecule has 0 saturated heterocycles. The van der Waals surface area contributed by atoms with Crippen molar-refractivity contribution >= 4 is 53.3 Å². The number of thiophene rings is 1. The number of hydrogen-bond acceptors (Lipinski definition) is 5. The molecule has 0 bridgehead atoms. The second-order valence-corrected chi connectivity index (χ2v) is 15.4. The maximum atomic E-state index is 10.1. The van der Waals surface area contributed by atoms with Crippen LogP contribution in [0.4, 0.5) is 0 Å². The van der Waals surface area contributed by atoms with E-state index < -0.39 is 0 Å². The second-order valence-electron chi connectivity index (χ2n) is 14.3. The Labute approximate surface area is 338 Å². The summed E-state index contributed by atoms with van der Waals surface area (Å²) in [6.45, 7) is 0. The molecule has 0 amide bonds. The van der Waals surface area contributed by atoms with Gasteiger partial charge in [0.1, 0.15) is 0 Å². The molecule has 3 aromatic heterocycles. The number of benzene rings is 8. The van der Waals surface area contributed by atoms with E-state index in [4.69, 9.17) is 15.0 Å². The van der Waals surface area contributed by atoms with E-state index in [0.29, 0.717) is 23.0 Å². The van der Waals surface area contributed by atoms with Crippen molar-refractivity contribution in [1.29, 1.82) is 5.26 Å². The molecule has 0 radical (unpaired) electrons. The lowest BCUT2D eigenvalue weighted by Gasteiger charge is -2.17. The summed E-state index contributed by atoms with van der Waals surface area (Å²) in [5.74, 6) is 1.78. The fourth-order valence-electron chi connectivity index (χ4n) is 8.15. The van der Waals surface area contributed by atoms with Crippen molar-refractivity contribution in [3.05, 3.63) is 194 Å². The van der Waals surface area contributed by atoms with E-state index in [1.54, 1.807) is 0 Å². The predicted octanol–water partition coefficient (Wildman–Crippen LogP) is 13.5. The van der Waals surface area contributed by atoms with Crippen molar-refractivity contribution in [2.45, 2.75) is 0 Å². The van der Waals surface area contributed by atoms with Crippen LogP contribution in [0.3, 0.4) is 0 Å². The van der Waals surface area contributed by atoms with Crippen molar-refractivity contribution in [1.82, 2.24) is 19.5 Å². The molecule has 3 heterocycles. The third-order valence-corrected chi connectivity index (χ3v) is 12.1. The highest BCUT2D eigenvalue weighted by Crippen LogP contribution is 2.41. The van der Waals surface area contributed by atoms with E-state index in [9.17, 15) is 5.26 Å². The van der Waals surface area contributed by atoms with Gasteiger partial charge in [0, 0.05) is 47.6 Å². The van der Waals surface area contributed by atoms with Gasteiger partial charge in [0.15, 0.2) is 17.5 Å². The highest BCUT2D eigenvalue weighted by Gasteiger charge is 2.21. The number of rotatable bonds is 6. The van der Waals surface area contributed by atoms with Crippen molar-refractivity contribution in [3.63, 3.8) is 0 Å². The molecule has 0 fully saturated rings. The maximum absolute atomic E-state index is 10.1. The van der Waals surface area contributed by atoms with E-state index >= 15 is 0 Å². The Morgan fingerprint density at radius 2 is 0.983 bits per heavy atom. The van der Waals surface area contributed by atoms with Gasteiger partial charge in [-0.15, -0.1) is 11.3 Å². The van der Waals surface area contributed by atoms with Crippen LogP contribution in [0.25, 0.3) is 104 Å². The molecule has 0 spiro atoms. The molecule has 11 rings (SSSR count). The summed E-state index contributed by atoms with van der Waals surface area (Å²) in [5.41, 5.74) is 10.4. The molecule has 5 nitrogen and oxygen atoms in total. The Kier molecular flexibility index (Phi) is 7.99. The largest absolute Gasteiger partial charge is 0.308 e. The summed E-state index contributed by atoms with van der Waals surface area (Å²) in [5, 5.41) is 14.8. The topological polar surface area (TPSA) is 67.4 Å². The first-order valence-electron chi connectivity index (χ1n) is 19.2. The van der Waals surface area contributed by atoms with Crippen molar-refractivity contribution < 1.29 is 0 Å². The Morgan fingerprint density at radius 1 is 0.397 bits per heavy atom. The zero-order valence-corrected chi connectivity index (χ0v) is 31.9. The van der Waals surface area contributed by atoms with E-state index in [-0.39, 0.29) is 0 Å². The smallest absolute Gasteiger partial charge is 0.166 e. The van der Waals surface area contributed by atoms with Gasteiger partial charge in [-0.2, -0.15) is 5.26 Å². The minimum Gasteiger partial charge on any atom is -0.308 e. The van der Waals surface area contributed by atoms with Gasteiger partial charge in [-0.3, -0.25) is 0 Å². The molecule has 0 aliphatic rings. The lowest BCUT2D eigenvalue weighted by molar-refractivity contribution is 1.06. The Balaban J connectivity index is 1.21. The molecular weight excluding hydrogens is 727 g/mol. The molecule has 0 atom stereocenters. The number of nitriles is 1. The lowest BCUT2D eigenvalue weighted by atomic mass is 9.98. The quantitative estimate of drug-likeness (QED) is 0.169. The molecule has 0 unspecified atom stereocenters. The molecule has 0 aliphatic carbocycles. The molecular formula is C52H31N5S. The zero-order valence-electron chi connectivity index (χ0n) is 31.0. The SMILES string of the molecule is N#Cc1ccccc1-c1ccc2c3ccccc3n(-c3ccc(-c4ccc5sc6ccccc6c5c4)cc3-c3nc(-c4ccccc4)nc(-c4ccccc4)n3)c2c1. The first-order valence-corrected chi connectivity index (χ1v) is 20.0. The average Bonchev–Trinajstić information content (AvgIpc) is 3.84. The van der Waals surface area contributed by atoms with Crippen molar-refractivity contribution in [2.75, 3.05) is 0 Å². The number of fused-ring (bicyclic) bond motifs is 6. The van der Waals surface area contributed by atoms with E-state index in [1.165, 1.54) is 20.2 Å². The zero-order chi connectivity index (χ0) is 38.6. The first-order chi connectivity index (χ1) is 28.7. The van der Waals surface area contributed by atoms with E-state index in [0.717, 1.165) is 66.4 Å². The fraction of sp³-hybridized carbons (Fsp3) is 0. The summed E-state index contributed by atoms with van der Waals surface area (Å²) in [7, 11) is 0. The van der Waals surface area contributed by atoms with Gasteiger partial charge >= 0.3 is 0 Å². The molecule has 270 valence electrons. The number of aromatic nitrogens is 4. The summed E-state index contributed by atoms with van der Waals surface area (Å²) >= 11 is 1.82. The highest BCUT2D eigenvalue weighted by atomic mass is 32.1. The normalized spacial score (nSPS) is 11.4. The number of hydrogen-bond donors (Lipinski definition) is 0. The number of para-hydroxylation sites is 1. The summed E-state index contributed by atoms with van der Waals surface area (Å²) < 4.78 is 4.87. The van der Waals surface area contributed by atoms with Crippen LogP contribution in [0.1, 0.15) is 5.56 Å². The van der Waals surface area contributed by atoms with Crippen LogP contribution in [-0.2, 0) is 0 Å². The third-order valence-electron chi connectivity index (χ3n) is 10.9. The minimum absolute atomic E-state index is 0.573. The maximum Gasteiger partial charge on any atom is 0.166 e. The summed E-state index contributed by atoms with van der Waals surface area (Å²) in [4.78, 5) is 15.6. The molecule has 0 N–H and O–H groups in total. The van der Waals surface area contributed by atoms with Crippen LogP contribution >= 0.6 is 11.3 Å². The summed E-state index contributed by atoms with van der Waals surface area (Å²) in [6, 6.07) is 67.4. The number of nitrogens with zero attached hydrogens (tertiary/aromatic N) is 5. The van der Waals surface area contributed by atoms with Gasteiger partial charge < -0.3 is 4.57 Å². The van der Waals surface area contributed by atoms with Crippen LogP contribution in [0.5, 0.6) is 0 Å². The van der Waals surface area contributed by atoms with Crippen molar-refractivity contribution in [2.24, 2.45) is 0 Å². The molecule has 6 heteroatoms. The van der Waals surface area contributed by atoms with Gasteiger partial charge in [0.25, 0.3) is 0 Å². The Morgan fingerprint density at radius 3 is 1.76 bits per heavy atom. The average molecular weight is 758 g/mol. The fourth-order valence-corrected chi connectivity index (χ4v) is 9.24. The molecule has 0 saturated carbocycles. The molecule has 8 aromatic carbocycles. The van der Waals surface area contributed by atoms with Gasteiger partial charge in [-0.25, -0.2) is 15.0 Å². The minimum atomic E-state index is 0.573. The van der Waals surface area contributed by atoms with Crippen molar-refractivity contribution in [3.8, 4) is 68.2 Å². The van der Waals surface area contributed by atoms with Crippen LogP contribution in [-0.4, -0.2) is 19.5 Å². The summed E-state index contributed by atoms with van der Waals surface area (Å²) in [6.07, 6.45) is 0. The van der Waals surface area contributed by atoms with Gasteiger partial charge in [0.05, 0.1) is 28.4 Å². The van der Waals surface area contributed by atoms with Crippen LogP contribution < -0.4 is 0 Å².